The second kappa shape index (κ2) is 9.05. The summed E-state index contributed by atoms with van der Waals surface area (Å²) in [5, 5.41) is 2.93. The van der Waals surface area contributed by atoms with E-state index in [0.717, 1.165) is 23.1 Å². The first-order chi connectivity index (χ1) is 9.93. The van der Waals surface area contributed by atoms with Gasteiger partial charge in [0.25, 0.3) is 0 Å². The molecule has 0 saturated carbocycles. The third-order valence-electron chi connectivity index (χ3n) is 3.39. The first-order valence-corrected chi connectivity index (χ1v) is 8.32. The van der Waals surface area contributed by atoms with Crippen LogP contribution in [0.4, 0.5) is 11.4 Å². The molecule has 0 heterocycles. The van der Waals surface area contributed by atoms with Crippen molar-refractivity contribution in [3.8, 4) is 0 Å². The van der Waals surface area contributed by atoms with Gasteiger partial charge in [-0.1, -0.05) is 19.8 Å². The Morgan fingerprint density at radius 1 is 1.38 bits per heavy atom. The van der Waals surface area contributed by atoms with E-state index < -0.39 is 0 Å². The van der Waals surface area contributed by atoms with E-state index in [1.165, 1.54) is 12.8 Å². The zero-order chi connectivity index (χ0) is 15.8. The Morgan fingerprint density at radius 2 is 2.10 bits per heavy atom. The summed E-state index contributed by atoms with van der Waals surface area (Å²) in [6, 6.07) is 5.75. The predicted molar refractivity (Wildman–Crippen MR) is 93.4 cm³/mol. The number of nitrogen functional groups attached to an aromatic ring is 1. The Morgan fingerprint density at radius 3 is 2.67 bits per heavy atom. The van der Waals surface area contributed by atoms with Crippen molar-refractivity contribution in [2.45, 2.75) is 46.1 Å². The standard InChI is InChI=1S/C16H26BrN3O/c1-4-5-6-9-20(12(2)3)11-16(21)19-15-8-7-13(18)10-14(15)17/h7-8,10,12H,4-6,9,11,18H2,1-3H3,(H,19,21). The molecule has 21 heavy (non-hydrogen) atoms. The lowest BCUT2D eigenvalue weighted by atomic mass is 10.2. The number of hydrogen-bond donors (Lipinski definition) is 2. The molecule has 0 aromatic heterocycles. The van der Waals surface area contributed by atoms with E-state index in [1.807, 2.05) is 6.07 Å². The summed E-state index contributed by atoms with van der Waals surface area (Å²) >= 11 is 3.41. The number of anilines is 2. The van der Waals surface area contributed by atoms with Crippen molar-refractivity contribution in [3.63, 3.8) is 0 Å². The molecule has 0 spiro atoms. The normalized spacial score (nSPS) is 11.1. The van der Waals surface area contributed by atoms with E-state index in [-0.39, 0.29) is 5.91 Å². The highest BCUT2D eigenvalue weighted by Crippen LogP contribution is 2.24. The highest BCUT2D eigenvalue weighted by Gasteiger charge is 2.14. The summed E-state index contributed by atoms with van der Waals surface area (Å²) in [4.78, 5) is 14.4. The van der Waals surface area contributed by atoms with E-state index in [9.17, 15) is 4.79 Å². The lowest BCUT2D eigenvalue weighted by molar-refractivity contribution is -0.117. The van der Waals surface area contributed by atoms with Gasteiger partial charge < -0.3 is 11.1 Å². The predicted octanol–water partition coefficient (Wildman–Crippen LogP) is 3.87. The molecule has 0 aliphatic heterocycles. The van der Waals surface area contributed by atoms with Crippen molar-refractivity contribution < 1.29 is 4.79 Å². The molecular weight excluding hydrogens is 330 g/mol. The summed E-state index contributed by atoms with van der Waals surface area (Å²) in [6.07, 6.45) is 3.53. The van der Waals surface area contributed by atoms with Crippen LogP contribution in [-0.4, -0.2) is 29.9 Å². The molecule has 1 aromatic carbocycles. The zero-order valence-corrected chi connectivity index (χ0v) is 14.7. The van der Waals surface area contributed by atoms with Gasteiger partial charge in [-0.3, -0.25) is 9.69 Å². The molecule has 0 bridgehead atoms. The summed E-state index contributed by atoms with van der Waals surface area (Å²) in [5.74, 6) is 0.00525. The molecule has 3 N–H and O–H groups in total. The number of benzene rings is 1. The highest BCUT2D eigenvalue weighted by molar-refractivity contribution is 9.10. The minimum atomic E-state index is 0.00525. The van der Waals surface area contributed by atoms with Crippen LogP contribution in [0.3, 0.4) is 0 Å². The molecule has 118 valence electrons. The molecule has 0 fully saturated rings. The van der Waals surface area contributed by atoms with Gasteiger partial charge in [0, 0.05) is 16.2 Å². The number of nitrogens with two attached hydrogens (primary N) is 1. The number of rotatable bonds is 8. The van der Waals surface area contributed by atoms with Gasteiger partial charge in [0.05, 0.1) is 12.2 Å². The van der Waals surface area contributed by atoms with Crippen LogP contribution in [-0.2, 0) is 4.79 Å². The second-order valence-electron chi connectivity index (χ2n) is 5.56. The average Bonchev–Trinajstić information content (AvgIpc) is 2.41. The fourth-order valence-corrected chi connectivity index (χ4v) is 2.59. The summed E-state index contributed by atoms with van der Waals surface area (Å²) < 4.78 is 0.804. The van der Waals surface area contributed by atoms with Crippen molar-refractivity contribution in [2.24, 2.45) is 0 Å². The molecule has 0 aliphatic rings. The van der Waals surface area contributed by atoms with Crippen LogP contribution >= 0.6 is 15.9 Å². The Hall–Kier alpha value is -1.07. The second-order valence-corrected chi connectivity index (χ2v) is 6.41. The number of halogens is 1. The third kappa shape index (κ3) is 6.48. The molecule has 1 amide bonds. The molecule has 0 unspecified atom stereocenters. The molecule has 1 aromatic rings. The molecule has 4 nitrogen and oxygen atoms in total. The van der Waals surface area contributed by atoms with Crippen LogP contribution in [0.2, 0.25) is 0 Å². The van der Waals surface area contributed by atoms with Crippen LogP contribution in [0.15, 0.2) is 22.7 Å². The van der Waals surface area contributed by atoms with Crippen LogP contribution < -0.4 is 11.1 Å². The van der Waals surface area contributed by atoms with E-state index in [2.05, 4.69) is 46.9 Å². The number of carbonyl (C=O) groups is 1. The number of hydrogen-bond acceptors (Lipinski definition) is 3. The zero-order valence-electron chi connectivity index (χ0n) is 13.2. The van der Waals surface area contributed by atoms with Gasteiger partial charge in [-0.15, -0.1) is 0 Å². The van der Waals surface area contributed by atoms with E-state index >= 15 is 0 Å². The van der Waals surface area contributed by atoms with E-state index in [4.69, 9.17) is 5.73 Å². The van der Waals surface area contributed by atoms with Crippen molar-refractivity contribution in [2.75, 3.05) is 24.1 Å². The minimum absolute atomic E-state index is 0.00525. The van der Waals surface area contributed by atoms with Gasteiger partial charge >= 0.3 is 0 Å². The monoisotopic (exact) mass is 355 g/mol. The minimum Gasteiger partial charge on any atom is -0.399 e. The summed E-state index contributed by atoms with van der Waals surface area (Å²) in [6.45, 7) is 7.81. The summed E-state index contributed by atoms with van der Waals surface area (Å²) in [5.41, 5.74) is 7.12. The van der Waals surface area contributed by atoms with E-state index in [1.54, 1.807) is 12.1 Å². The SMILES string of the molecule is CCCCCN(CC(=O)Nc1ccc(N)cc1Br)C(C)C. The lowest BCUT2D eigenvalue weighted by Gasteiger charge is -2.25. The molecule has 0 atom stereocenters. The third-order valence-corrected chi connectivity index (χ3v) is 4.05. The van der Waals surface area contributed by atoms with Crippen molar-refractivity contribution in [1.29, 1.82) is 0 Å². The first kappa shape index (κ1) is 18.0. The number of unbranched alkanes of at least 4 members (excludes halogenated alkanes) is 2. The quantitative estimate of drug-likeness (QED) is 0.549. The topological polar surface area (TPSA) is 58.4 Å². The number of carbonyl (C=O) groups excluding carboxylic acids is 1. The van der Waals surface area contributed by atoms with Gasteiger partial charge in [0.1, 0.15) is 0 Å². The van der Waals surface area contributed by atoms with Gasteiger partial charge in [-0.25, -0.2) is 0 Å². The Labute approximate surface area is 136 Å². The van der Waals surface area contributed by atoms with Crippen LogP contribution in [0.5, 0.6) is 0 Å². The largest absolute Gasteiger partial charge is 0.399 e. The average molecular weight is 356 g/mol. The molecule has 1 rings (SSSR count). The maximum atomic E-state index is 12.2. The maximum absolute atomic E-state index is 12.2. The fraction of sp³-hybridized carbons (Fsp3) is 0.562. The molecule has 5 heteroatoms. The Kier molecular flexibility index (Phi) is 7.75. The van der Waals surface area contributed by atoms with Crippen molar-refractivity contribution >= 4 is 33.2 Å². The summed E-state index contributed by atoms with van der Waals surface area (Å²) in [7, 11) is 0. The fourth-order valence-electron chi connectivity index (χ4n) is 2.09. The van der Waals surface area contributed by atoms with Gasteiger partial charge in [-0.05, 0) is 60.9 Å². The van der Waals surface area contributed by atoms with Gasteiger partial charge in [0.15, 0.2) is 0 Å². The lowest BCUT2D eigenvalue weighted by Crippen LogP contribution is -2.38. The Bertz CT molecular complexity index is 463. The van der Waals surface area contributed by atoms with Crippen LogP contribution in [0.25, 0.3) is 0 Å². The molecule has 0 saturated heterocycles. The first-order valence-electron chi connectivity index (χ1n) is 7.53. The number of amides is 1. The number of nitrogens with zero attached hydrogens (tertiary/aromatic N) is 1. The van der Waals surface area contributed by atoms with Crippen LogP contribution in [0.1, 0.15) is 40.0 Å². The molecule has 0 aliphatic carbocycles. The Balaban J connectivity index is 2.57. The van der Waals surface area contributed by atoms with Gasteiger partial charge in [0.2, 0.25) is 5.91 Å². The van der Waals surface area contributed by atoms with Crippen molar-refractivity contribution in [1.82, 2.24) is 4.90 Å². The van der Waals surface area contributed by atoms with E-state index in [0.29, 0.717) is 18.3 Å². The number of nitrogens with one attached hydrogen (secondary N) is 1. The molecular formula is C16H26BrN3O. The van der Waals surface area contributed by atoms with Gasteiger partial charge in [-0.2, -0.15) is 0 Å². The van der Waals surface area contributed by atoms with Crippen molar-refractivity contribution in [3.05, 3.63) is 22.7 Å². The maximum Gasteiger partial charge on any atom is 0.238 e. The molecule has 0 radical (unpaired) electrons. The highest BCUT2D eigenvalue weighted by atomic mass is 79.9. The smallest absolute Gasteiger partial charge is 0.238 e. The van der Waals surface area contributed by atoms with Crippen LogP contribution in [0, 0.1) is 0 Å².